The molecule has 2 aromatic rings. The van der Waals surface area contributed by atoms with E-state index >= 15 is 0 Å². The van der Waals surface area contributed by atoms with Gasteiger partial charge < -0.3 is 14.8 Å². The van der Waals surface area contributed by atoms with Crippen molar-refractivity contribution in [2.45, 2.75) is 45.7 Å². The molecular formula is C16H23N3O. The second kappa shape index (κ2) is 5.19. The van der Waals surface area contributed by atoms with E-state index in [1.54, 1.807) is 0 Å². The van der Waals surface area contributed by atoms with Gasteiger partial charge in [0.2, 0.25) is 0 Å². The number of nitrogens with zero attached hydrogens (tertiary/aromatic N) is 2. The molecule has 0 spiro atoms. The Kier molecular flexibility index (Phi) is 3.52. The number of aromatic nitrogens is 2. The molecule has 108 valence electrons. The summed E-state index contributed by atoms with van der Waals surface area (Å²) in [6.07, 6.45) is 7.45. The number of pyridine rings is 1. The smallest absolute Gasteiger partial charge is 0.139 e. The molecule has 2 unspecified atom stereocenters. The van der Waals surface area contributed by atoms with Crippen LogP contribution in [0.25, 0.3) is 5.65 Å². The molecule has 0 amide bonds. The van der Waals surface area contributed by atoms with Crippen LogP contribution in [0, 0.1) is 12.3 Å². The number of aliphatic hydroxyl groups excluding tert-OH is 1. The highest BCUT2D eigenvalue weighted by Crippen LogP contribution is 2.37. The van der Waals surface area contributed by atoms with Crippen LogP contribution in [0.3, 0.4) is 0 Å². The number of imidazole rings is 1. The van der Waals surface area contributed by atoms with Crippen LogP contribution < -0.4 is 5.32 Å². The highest BCUT2D eigenvalue weighted by atomic mass is 16.3. The summed E-state index contributed by atoms with van der Waals surface area (Å²) in [5.74, 6) is 0. The highest BCUT2D eigenvalue weighted by molar-refractivity contribution is 5.48. The van der Waals surface area contributed by atoms with E-state index in [-0.39, 0.29) is 12.0 Å². The lowest BCUT2D eigenvalue weighted by molar-refractivity contribution is 0.118. The van der Waals surface area contributed by atoms with Crippen LogP contribution in [0.5, 0.6) is 0 Å². The number of aliphatic hydroxyl groups is 1. The topological polar surface area (TPSA) is 49.6 Å². The van der Waals surface area contributed by atoms with E-state index in [1.807, 2.05) is 6.20 Å². The number of fused-ring (bicyclic) bond motifs is 1. The quantitative estimate of drug-likeness (QED) is 0.898. The van der Waals surface area contributed by atoms with Crippen LogP contribution in [0.15, 0.2) is 24.5 Å². The Hall–Kier alpha value is -1.39. The molecule has 2 aromatic heterocycles. The van der Waals surface area contributed by atoms with Crippen LogP contribution >= 0.6 is 0 Å². The lowest BCUT2D eigenvalue weighted by Gasteiger charge is -2.30. The molecule has 2 atom stereocenters. The predicted molar refractivity (Wildman–Crippen MR) is 79.6 cm³/mol. The number of hydrogen-bond acceptors (Lipinski definition) is 3. The van der Waals surface area contributed by atoms with E-state index in [1.165, 1.54) is 17.7 Å². The molecule has 4 heteroatoms. The molecule has 1 fully saturated rings. The Morgan fingerprint density at radius 2 is 2.40 bits per heavy atom. The Balaban J connectivity index is 1.76. The molecule has 0 saturated heterocycles. The second-order valence-electron chi connectivity index (χ2n) is 6.27. The van der Waals surface area contributed by atoms with Gasteiger partial charge in [-0.25, -0.2) is 4.98 Å². The summed E-state index contributed by atoms with van der Waals surface area (Å²) in [5, 5.41) is 13.2. The first-order valence-electron chi connectivity index (χ1n) is 7.40. The summed E-state index contributed by atoms with van der Waals surface area (Å²) < 4.78 is 2.15. The van der Waals surface area contributed by atoms with Crippen LogP contribution in [0.2, 0.25) is 0 Å². The van der Waals surface area contributed by atoms with Crippen LogP contribution in [-0.4, -0.2) is 27.1 Å². The zero-order valence-electron chi connectivity index (χ0n) is 12.3. The lowest BCUT2D eigenvalue weighted by atomic mass is 9.86. The summed E-state index contributed by atoms with van der Waals surface area (Å²) >= 11 is 0. The Morgan fingerprint density at radius 3 is 3.20 bits per heavy atom. The number of aryl methyl sites for hydroxylation is 1. The summed E-state index contributed by atoms with van der Waals surface area (Å²) in [7, 11) is 0. The molecule has 1 aliphatic carbocycles. The van der Waals surface area contributed by atoms with E-state index in [0.717, 1.165) is 25.0 Å². The molecule has 0 aromatic carbocycles. The third-order valence-corrected chi connectivity index (χ3v) is 4.78. The van der Waals surface area contributed by atoms with Gasteiger partial charge in [-0.05, 0) is 31.4 Å². The lowest BCUT2D eigenvalue weighted by Crippen LogP contribution is -2.41. The first-order chi connectivity index (χ1) is 9.64. The van der Waals surface area contributed by atoms with Crippen molar-refractivity contribution in [1.29, 1.82) is 0 Å². The molecule has 4 nitrogen and oxygen atoms in total. The molecule has 3 rings (SSSR count). The molecule has 20 heavy (non-hydrogen) atoms. The van der Waals surface area contributed by atoms with Gasteiger partial charge in [-0.1, -0.05) is 19.4 Å². The van der Waals surface area contributed by atoms with Gasteiger partial charge in [0, 0.05) is 30.8 Å². The van der Waals surface area contributed by atoms with Gasteiger partial charge >= 0.3 is 0 Å². The van der Waals surface area contributed by atoms with Gasteiger partial charge in [0.15, 0.2) is 0 Å². The van der Waals surface area contributed by atoms with Crippen LogP contribution in [0.1, 0.15) is 37.4 Å². The van der Waals surface area contributed by atoms with Crippen molar-refractivity contribution in [3.8, 4) is 0 Å². The molecule has 0 aliphatic heterocycles. The predicted octanol–water partition coefficient (Wildman–Crippen LogP) is 2.28. The molecule has 0 bridgehead atoms. The second-order valence-corrected chi connectivity index (χ2v) is 6.27. The summed E-state index contributed by atoms with van der Waals surface area (Å²) in [5.41, 5.74) is 3.42. The van der Waals surface area contributed by atoms with Gasteiger partial charge in [0.25, 0.3) is 0 Å². The van der Waals surface area contributed by atoms with E-state index in [0.29, 0.717) is 6.04 Å². The molecule has 1 aliphatic rings. The molecule has 1 saturated carbocycles. The normalized spacial score (nSPS) is 26.4. The van der Waals surface area contributed by atoms with Crippen molar-refractivity contribution in [2.75, 3.05) is 6.61 Å². The Morgan fingerprint density at radius 1 is 1.55 bits per heavy atom. The van der Waals surface area contributed by atoms with E-state index in [9.17, 15) is 5.11 Å². The fraction of sp³-hybridized carbons (Fsp3) is 0.562. The standard InChI is InChI=1S/C16H23N3O/c1-12-5-4-8-19-13(10-18-15(12)19)9-17-14-6-3-7-16(14,2)11-20/h4-5,8,10,14,17,20H,3,6-7,9,11H2,1-2H3. The van der Waals surface area contributed by atoms with E-state index in [2.05, 4.69) is 46.9 Å². The molecule has 0 radical (unpaired) electrons. The van der Waals surface area contributed by atoms with Crippen molar-refractivity contribution in [1.82, 2.24) is 14.7 Å². The van der Waals surface area contributed by atoms with Gasteiger partial charge in [0.1, 0.15) is 5.65 Å². The third kappa shape index (κ3) is 2.23. The van der Waals surface area contributed by atoms with Crippen molar-refractivity contribution in [3.63, 3.8) is 0 Å². The van der Waals surface area contributed by atoms with Crippen LogP contribution in [-0.2, 0) is 6.54 Å². The fourth-order valence-corrected chi connectivity index (χ4v) is 3.33. The highest BCUT2D eigenvalue weighted by Gasteiger charge is 2.37. The minimum absolute atomic E-state index is 0.0242. The number of rotatable bonds is 4. The van der Waals surface area contributed by atoms with Gasteiger partial charge in [0.05, 0.1) is 11.9 Å². The number of hydrogen-bond donors (Lipinski definition) is 2. The SMILES string of the molecule is Cc1cccn2c(CNC3CCCC3(C)CO)cnc12. The summed E-state index contributed by atoms with van der Waals surface area (Å²) in [6, 6.07) is 4.53. The van der Waals surface area contributed by atoms with E-state index in [4.69, 9.17) is 0 Å². The average molecular weight is 273 g/mol. The van der Waals surface area contributed by atoms with Crippen molar-refractivity contribution >= 4 is 5.65 Å². The Labute approximate surface area is 119 Å². The fourth-order valence-electron chi connectivity index (χ4n) is 3.33. The zero-order chi connectivity index (χ0) is 14.2. The monoisotopic (exact) mass is 273 g/mol. The van der Waals surface area contributed by atoms with Crippen LogP contribution in [0.4, 0.5) is 0 Å². The maximum Gasteiger partial charge on any atom is 0.139 e. The minimum Gasteiger partial charge on any atom is -0.396 e. The van der Waals surface area contributed by atoms with Gasteiger partial charge in [-0.15, -0.1) is 0 Å². The van der Waals surface area contributed by atoms with Gasteiger partial charge in [-0.2, -0.15) is 0 Å². The maximum atomic E-state index is 9.60. The first-order valence-corrected chi connectivity index (χ1v) is 7.40. The summed E-state index contributed by atoms with van der Waals surface area (Å²) in [4.78, 5) is 4.49. The molecule has 2 heterocycles. The first kappa shape index (κ1) is 13.6. The molecule has 2 N–H and O–H groups in total. The third-order valence-electron chi connectivity index (χ3n) is 4.78. The van der Waals surface area contributed by atoms with Crippen molar-refractivity contribution < 1.29 is 5.11 Å². The van der Waals surface area contributed by atoms with Crippen molar-refractivity contribution in [3.05, 3.63) is 35.8 Å². The Bertz CT molecular complexity index is 607. The maximum absolute atomic E-state index is 9.60. The minimum atomic E-state index is 0.0242. The van der Waals surface area contributed by atoms with E-state index < -0.39 is 0 Å². The average Bonchev–Trinajstić information content (AvgIpc) is 3.02. The largest absolute Gasteiger partial charge is 0.396 e. The van der Waals surface area contributed by atoms with Crippen molar-refractivity contribution in [2.24, 2.45) is 5.41 Å². The molecular weight excluding hydrogens is 250 g/mol. The summed E-state index contributed by atoms with van der Waals surface area (Å²) in [6.45, 7) is 5.32. The number of nitrogens with one attached hydrogen (secondary N) is 1. The van der Waals surface area contributed by atoms with Gasteiger partial charge in [-0.3, -0.25) is 0 Å². The zero-order valence-corrected chi connectivity index (χ0v) is 12.3.